The Kier molecular flexibility index (Phi) is 5.06. The number of carbonyl (C=O) groups excluding carboxylic acids is 1. The summed E-state index contributed by atoms with van der Waals surface area (Å²) in [5.41, 5.74) is -1.49. The number of carboxylic acid groups (broad SMARTS) is 2. The van der Waals surface area contributed by atoms with Crippen LogP contribution in [0, 0.1) is 16.7 Å². The predicted octanol–water partition coefficient (Wildman–Crippen LogP) is 1.56. The lowest BCUT2D eigenvalue weighted by Crippen LogP contribution is -2.54. The van der Waals surface area contributed by atoms with E-state index in [1.54, 1.807) is 13.0 Å². The van der Waals surface area contributed by atoms with E-state index in [9.17, 15) is 34.8 Å². The fourth-order valence-electron chi connectivity index (χ4n) is 5.43. The zero-order chi connectivity index (χ0) is 22.8. The number of aliphatic hydroxyl groups is 2. The molecule has 0 aromatic carbocycles. The fourth-order valence-corrected chi connectivity index (χ4v) is 5.43. The van der Waals surface area contributed by atoms with Crippen LogP contribution in [0.2, 0.25) is 0 Å². The quantitative estimate of drug-likeness (QED) is 0.527. The summed E-state index contributed by atoms with van der Waals surface area (Å²) in [7, 11) is 2.72. The van der Waals surface area contributed by atoms with Crippen LogP contribution in [0.25, 0.3) is 0 Å². The average molecular weight is 422 g/mol. The van der Waals surface area contributed by atoms with Gasteiger partial charge < -0.3 is 30.2 Å². The number of fused-ring (bicyclic) bond motifs is 1. The van der Waals surface area contributed by atoms with Gasteiger partial charge >= 0.3 is 12.2 Å². The van der Waals surface area contributed by atoms with Crippen LogP contribution < -0.4 is 0 Å². The Hall–Kier alpha value is -2.39. The van der Waals surface area contributed by atoms with Crippen molar-refractivity contribution in [2.45, 2.75) is 45.3 Å². The largest absolute Gasteiger partial charge is 0.465 e. The van der Waals surface area contributed by atoms with Crippen LogP contribution >= 0.6 is 0 Å². The Labute approximate surface area is 175 Å². The van der Waals surface area contributed by atoms with Gasteiger partial charge in [-0.3, -0.25) is 4.79 Å². The third-order valence-corrected chi connectivity index (χ3v) is 7.59. The molecule has 0 radical (unpaired) electrons. The number of rotatable bonds is 5. The van der Waals surface area contributed by atoms with E-state index < -0.39 is 46.4 Å². The molecule has 9 nitrogen and oxygen atoms in total. The summed E-state index contributed by atoms with van der Waals surface area (Å²) < 4.78 is 0. The van der Waals surface area contributed by atoms with Crippen LogP contribution in [-0.2, 0) is 4.79 Å². The molecule has 0 aromatic heterocycles. The minimum absolute atomic E-state index is 0.131. The monoisotopic (exact) mass is 422 g/mol. The van der Waals surface area contributed by atoms with Gasteiger partial charge in [-0.2, -0.15) is 0 Å². The van der Waals surface area contributed by atoms with Gasteiger partial charge in [0, 0.05) is 43.0 Å². The van der Waals surface area contributed by atoms with Crippen molar-refractivity contribution < 1.29 is 34.8 Å². The third kappa shape index (κ3) is 2.86. The summed E-state index contributed by atoms with van der Waals surface area (Å²) in [6, 6.07) is -0.842. The maximum absolute atomic E-state index is 13.3. The zero-order valence-corrected chi connectivity index (χ0v) is 18.0. The number of likely N-dealkylation sites (N-methyl/N-ethyl adjacent to an activating group) is 2. The van der Waals surface area contributed by atoms with Crippen molar-refractivity contribution in [3.05, 3.63) is 22.8 Å². The van der Waals surface area contributed by atoms with Crippen molar-refractivity contribution in [3.63, 3.8) is 0 Å². The smallest absolute Gasteiger partial charge is 0.407 e. The highest BCUT2D eigenvalue weighted by molar-refractivity contribution is 6.09. The minimum atomic E-state index is -1.57. The molecule has 4 atom stereocenters. The maximum atomic E-state index is 13.3. The first-order valence-electron chi connectivity index (χ1n) is 9.97. The second-order valence-corrected chi connectivity index (χ2v) is 9.35. The molecule has 9 heteroatoms. The summed E-state index contributed by atoms with van der Waals surface area (Å²) in [5.74, 6) is -1.07. The standard InChI is InChI=1S/C21H30N2O7/c1-11-14-12(16(25)20(3,30)21(11)6-7-21)8-19(2,10-24)15(14)13(23(5)18(28)29)9-22(4)17(26)27/h8,13,15,24,30H,6-7,9-10H2,1-5H3,(H,26,27)(H,28,29)/t13?,15-,19-,20+/m1/s1. The van der Waals surface area contributed by atoms with Gasteiger partial charge in [0.15, 0.2) is 5.78 Å². The number of hydrogen-bond donors (Lipinski definition) is 4. The molecule has 3 rings (SSSR count). The number of aliphatic hydroxyl groups excluding tert-OH is 1. The van der Waals surface area contributed by atoms with Gasteiger partial charge in [-0.05, 0) is 32.3 Å². The number of hydrogen-bond acceptors (Lipinski definition) is 5. The zero-order valence-electron chi connectivity index (χ0n) is 18.0. The molecule has 0 aliphatic heterocycles. The number of Topliss-reactive ketones (excluding diaryl/α,β-unsaturated/α-hetero) is 1. The van der Waals surface area contributed by atoms with Crippen molar-refractivity contribution in [3.8, 4) is 0 Å². The van der Waals surface area contributed by atoms with E-state index in [0.29, 0.717) is 24.0 Å². The molecule has 30 heavy (non-hydrogen) atoms. The van der Waals surface area contributed by atoms with Gasteiger partial charge in [-0.25, -0.2) is 9.59 Å². The highest BCUT2D eigenvalue weighted by Gasteiger charge is 2.67. The number of nitrogens with zero attached hydrogens (tertiary/aromatic N) is 2. The molecule has 0 heterocycles. The van der Waals surface area contributed by atoms with E-state index >= 15 is 0 Å². The maximum Gasteiger partial charge on any atom is 0.407 e. The molecule has 0 aromatic rings. The Morgan fingerprint density at radius 1 is 1.20 bits per heavy atom. The normalized spacial score (nSPS) is 32.6. The highest BCUT2D eigenvalue weighted by atomic mass is 16.4. The number of amides is 2. The van der Waals surface area contributed by atoms with Crippen LogP contribution in [-0.4, -0.2) is 87.1 Å². The van der Waals surface area contributed by atoms with Gasteiger partial charge in [0.2, 0.25) is 0 Å². The second-order valence-electron chi connectivity index (χ2n) is 9.35. The van der Waals surface area contributed by atoms with Crippen molar-refractivity contribution in [1.29, 1.82) is 0 Å². The molecule has 166 valence electrons. The van der Waals surface area contributed by atoms with Gasteiger partial charge in [-0.1, -0.05) is 18.6 Å². The molecule has 1 fully saturated rings. The summed E-state index contributed by atoms with van der Waals surface area (Å²) in [5, 5.41) is 40.4. The third-order valence-electron chi connectivity index (χ3n) is 7.59. The van der Waals surface area contributed by atoms with Crippen LogP contribution in [0.3, 0.4) is 0 Å². The van der Waals surface area contributed by atoms with E-state index in [0.717, 1.165) is 15.4 Å². The molecular formula is C21H30N2O7. The molecule has 4 N–H and O–H groups in total. The van der Waals surface area contributed by atoms with E-state index in [1.807, 2.05) is 6.92 Å². The lowest BCUT2D eigenvalue weighted by atomic mass is 9.64. The van der Waals surface area contributed by atoms with E-state index in [4.69, 9.17) is 0 Å². The molecule has 3 aliphatic rings. The Balaban J connectivity index is 2.22. The molecule has 3 aliphatic carbocycles. The Bertz CT molecular complexity index is 871. The minimum Gasteiger partial charge on any atom is -0.465 e. The van der Waals surface area contributed by atoms with Gasteiger partial charge in [0.25, 0.3) is 0 Å². The van der Waals surface area contributed by atoms with E-state index in [-0.39, 0.29) is 13.2 Å². The fraction of sp³-hybridized carbons (Fsp3) is 0.667. The molecule has 1 spiro atoms. The van der Waals surface area contributed by atoms with E-state index in [2.05, 4.69) is 0 Å². The number of carbonyl (C=O) groups is 3. The van der Waals surface area contributed by atoms with Crippen LogP contribution in [0.5, 0.6) is 0 Å². The lowest BCUT2D eigenvalue weighted by molar-refractivity contribution is -0.137. The Morgan fingerprint density at radius 3 is 2.20 bits per heavy atom. The molecule has 0 bridgehead atoms. The topological polar surface area (TPSA) is 139 Å². The summed E-state index contributed by atoms with van der Waals surface area (Å²) in [6.45, 7) is 4.61. The van der Waals surface area contributed by atoms with Crippen LogP contribution in [0.1, 0.15) is 33.6 Å². The van der Waals surface area contributed by atoms with Crippen molar-refractivity contribution in [2.75, 3.05) is 27.2 Å². The molecule has 1 unspecified atom stereocenters. The summed E-state index contributed by atoms with van der Waals surface area (Å²) >= 11 is 0. The van der Waals surface area contributed by atoms with Gasteiger partial charge in [-0.15, -0.1) is 0 Å². The molecule has 2 amide bonds. The first kappa shape index (κ1) is 22.3. The SMILES string of the molecule is CC1=C2C(=C[C@](C)(CO)[C@@H]2C(CN(C)C(=O)O)N(C)C(=O)O)C(=O)[C@](C)(O)C12CC2. The predicted molar refractivity (Wildman–Crippen MR) is 107 cm³/mol. The Morgan fingerprint density at radius 2 is 1.77 bits per heavy atom. The molecule has 0 saturated heterocycles. The van der Waals surface area contributed by atoms with Crippen LogP contribution in [0.15, 0.2) is 22.8 Å². The highest BCUT2D eigenvalue weighted by Crippen LogP contribution is 2.66. The second kappa shape index (κ2) is 6.81. The first-order chi connectivity index (χ1) is 13.7. The van der Waals surface area contributed by atoms with Crippen molar-refractivity contribution in [2.24, 2.45) is 16.7 Å². The first-order valence-corrected chi connectivity index (χ1v) is 9.97. The lowest BCUT2D eigenvalue weighted by Gasteiger charge is -2.45. The van der Waals surface area contributed by atoms with E-state index in [1.165, 1.54) is 21.0 Å². The molecular weight excluding hydrogens is 392 g/mol. The number of ketones is 1. The van der Waals surface area contributed by atoms with Crippen molar-refractivity contribution >= 4 is 18.0 Å². The van der Waals surface area contributed by atoms with Crippen molar-refractivity contribution in [1.82, 2.24) is 9.80 Å². The average Bonchev–Trinajstić information content (AvgIpc) is 3.43. The summed E-state index contributed by atoms with van der Waals surface area (Å²) in [4.78, 5) is 38.6. The molecule has 1 saturated carbocycles. The van der Waals surface area contributed by atoms with Gasteiger partial charge in [0.1, 0.15) is 5.60 Å². The van der Waals surface area contributed by atoms with Gasteiger partial charge in [0.05, 0.1) is 12.6 Å². The summed E-state index contributed by atoms with van der Waals surface area (Å²) in [6.07, 6.45) is 0.478. The van der Waals surface area contributed by atoms with Crippen LogP contribution in [0.4, 0.5) is 9.59 Å².